The fourth-order valence-corrected chi connectivity index (χ4v) is 8.75. The van der Waals surface area contributed by atoms with Crippen LogP contribution < -0.4 is 0 Å². The molecule has 5 fully saturated rings. The van der Waals surface area contributed by atoms with Gasteiger partial charge in [-0.05, 0) is 98.3 Å². The lowest BCUT2D eigenvalue weighted by Crippen LogP contribution is -2.47. The topological polar surface area (TPSA) is 103 Å². The van der Waals surface area contributed by atoms with E-state index in [1.165, 1.54) is 19.3 Å². The van der Waals surface area contributed by atoms with E-state index in [1.807, 2.05) is 13.8 Å². The van der Waals surface area contributed by atoms with Crippen LogP contribution in [0.15, 0.2) is 0 Å². The van der Waals surface area contributed by atoms with Crippen LogP contribution in [0.4, 0.5) is 0 Å². The van der Waals surface area contributed by atoms with Gasteiger partial charge < -0.3 is 28.4 Å². The molecule has 11 atom stereocenters. The molecule has 8 heteroatoms. The number of epoxide rings is 4. The standard InChI is InChI=1S/C38H64O8/c1-10-41-33(39)27-23-38(19-13-16-25(5)15-12-14-24(3)4)32(46-38)26(31(27)34(40)42-11-2)22-30-37(9,45-30)21-18-29-36(8,44-29)20-17-28-35(6,7)43-28/h24-32H,10-23H2,1-9H3. The van der Waals surface area contributed by atoms with Crippen molar-refractivity contribution in [3.63, 3.8) is 0 Å². The fourth-order valence-electron chi connectivity index (χ4n) is 8.75. The molecule has 0 aromatic heterocycles. The van der Waals surface area contributed by atoms with E-state index in [9.17, 15) is 9.59 Å². The van der Waals surface area contributed by atoms with Crippen molar-refractivity contribution in [3.05, 3.63) is 0 Å². The van der Waals surface area contributed by atoms with Crippen molar-refractivity contribution >= 4 is 11.9 Å². The first-order valence-electron chi connectivity index (χ1n) is 18.7. The van der Waals surface area contributed by atoms with E-state index in [2.05, 4.69) is 48.5 Å². The lowest BCUT2D eigenvalue weighted by molar-refractivity contribution is -0.165. The van der Waals surface area contributed by atoms with E-state index >= 15 is 0 Å². The van der Waals surface area contributed by atoms with Crippen LogP contribution in [0.1, 0.15) is 139 Å². The third-order valence-electron chi connectivity index (χ3n) is 12.1. The summed E-state index contributed by atoms with van der Waals surface area (Å²) in [6, 6.07) is 0. The number of carbonyl (C=O) groups excluding carboxylic acids is 2. The molecule has 0 amide bonds. The van der Waals surface area contributed by atoms with Gasteiger partial charge in [-0.2, -0.15) is 0 Å². The summed E-state index contributed by atoms with van der Waals surface area (Å²) in [6.45, 7) is 19.9. The Labute approximate surface area is 278 Å². The third kappa shape index (κ3) is 8.31. The van der Waals surface area contributed by atoms with E-state index in [0.717, 1.165) is 50.9 Å². The Balaban J connectivity index is 1.19. The second kappa shape index (κ2) is 14.0. The van der Waals surface area contributed by atoms with Crippen molar-refractivity contribution in [1.29, 1.82) is 0 Å². The summed E-state index contributed by atoms with van der Waals surface area (Å²) in [4.78, 5) is 26.9. The average Bonchev–Trinajstić information content (AvgIpc) is 3.91. The zero-order valence-corrected chi connectivity index (χ0v) is 30.4. The van der Waals surface area contributed by atoms with Crippen molar-refractivity contribution in [1.82, 2.24) is 0 Å². The van der Waals surface area contributed by atoms with Gasteiger partial charge in [0, 0.05) is 5.92 Å². The molecule has 8 nitrogen and oxygen atoms in total. The monoisotopic (exact) mass is 648 g/mol. The molecule has 4 heterocycles. The Morgan fingerprint density at radius 1 is 0.739 bits per heavy atom. The summed E-state index contributed by atoms with van der Waals surface area (Å²) >= 11 is 0. The summed E-state index contributed by atoms with van der Waals surface area (Å²) in [5.41, 5.74) is -0.670. The van der Waals surface area contributed by atoms with Crippen LogP contribution in [-0.4, -0.2) is 72.0 Å². The molecule has 0 N–H and O–H groups in total. The fraction of sp³-hybridized carbons (Fsp3) is 0.947. The SMILES string of the molecule is CCOC(=O)C1CC2(CCCC(C)CCCC(C)C)OC2C(CC2OC2(C)CCC2OC2(C)CCC2OC2(C)C)C1C(=O)OCC. The highest BCUT2D eigenvalue weighted by Crippen LogP contribution is 2.61. The van der Waals surface area contributed by atoms with Crippen LogP contribution >= 0.6 is 0 Å². The molecule has 0 spiro atoms. The quantitative estimate of drug-likeness (QED) is 0.0984. The first kappa shape index (κ1) is 36.1. The minimum absolute atomic E-state index is 0.0175. The van der Waals surface area contributed by atoms with Crippen LogP contribution in [0.5, 0.6) is 0 Å². The number of hydrogen-bond donors (Lipinski definition) is 0. The van der Waals surface area contributed by atoms with Crippen LogP contribution in [0.2, 0.25) is 0 Å². The van der Waals surface area contributed by atoms with E-state index < -0.39 is 11.8 Å². The average molecular weight is 649 g/mol. The van der Waals surface area contributed by atoms with Crippen LogP contribution in [-0.2, 0) is 38.0 Å². The first-order chi connectivity index (χ1) is 21.7. The minimum atomic E-state index is -0.577. The summed E-state index contributed by atoms with van der Waals surface area (Å²) in [5.74, 6) is -0.457. The van der Waals surface area contributed by atoms with Crippen LogP contribution in [0, 0.1) is 29.6 Å². The zero-order chi connectivity index (χ0) is 33.5. The third-order valence-corrected chi connectivity index (χ3v) is 12.1. The maximum absolute atomic E-state index is 13.5. The number of rotatable bonds is 20. The molecule has 0 aromatic rings. The summed E-state index contributed by atoms with van der Waals surface area (Å²) in [6.07, 6.45) is 12.6. The molecule has 264 valence electrons. The van der Waals surface area contributed by atoms with Gasteiger partial charge in [-0.3, -0.25) is 9.59 Å². The second-order valence-electron chi connectivity index (χ2n) is 16.8. The van der Waals surface area contributed by atoms with Crippen molar-refractivity contribution in [3.8, 4) is 0 Å². The highest BCUT2D eigenvalue weighted by molar-refractivity contribution is 5.83. The molecule has 4 aliphatic heterocycles. The number of esters is 2. The molecule has 1 aliphatic carbocycles. The Morgan fingerprint density at radius 2 is 1.33 bits per heavy atom. The van der Waals surface area contributed by atoms with E-state index in [-0.39, 0.29) is 71.8 Å². The Kier molecular flexibility index (Phi) is 10.9. The maximum Gasteiger partial charge on any atom is 0.310 e. The van der Waals surface area contributed by atoms with Crippen molar-refractivity contribution in [2.45, 2.75) is 186 Å². The van der Waals surface area contributed by atoms with Crippen LogP contribution in [0.3, 0.4) is 0 Å². The smallest absolute Gasteiger partial charge is 0.310 e. The van der Waals surface area contributed by atoms with Gasteiger partial charge in [0.2, 0.25) is 0 Å². The zero-order valence-electron chi connectivity index (χ0n) is 30.4. The van der Waals surface area contributed by atoms with Gasteiger partial charge in [-0.25, -0.2) is 0 Å². The number of carbonyl (C=O) groups is 2. The number of ether oxygens (including phenoxy) is 6. The lowest BCUT2D eigenvalue weighted by atomic mass is 9.64. The van der Waals surface area contributed by atoms with Gasteiger partial charge in [0.05, 0.1) is 71.9 Å². The Hall–Kier alpha value is -1.22. The highest BCUT2D eigenvalue weighted by Gasteiger charge is 2.70. The van der Waals surface area contributed by atoms with Crippen molar-refractivity contribution in [2.75, 3.05) is 13.2 Å². The molecule has 5 aliphatic rings. The predicted molar refractivity (Wildman–Crippen MR) is 176 cm³/mol. The van der Waals surface area contributed by atoms with Gasteiger partial charge >= 0.3 is 11.9 Å². The molecule has 0 bridgehead atoms. The van der Waals surface area contributed by atoms with Crippen molar-refractivity contribution in [2.24, 2.45) is 29.6 Å². The molecular formula is C38H64O8. The first-order valence-corrected chi connectivity index (χ1v) is 18.7. The molecule has 4 saturated heterocycles. The lowest BCUT2D eigenvalue weighted by Gasteiger charge is -2.36. The maximum atomic E-state index is 13.5. The largest absolute Gasteiger partial charge is 0.466 e. The summed E-state index contributed by atoms with van der Waals surface area (Å²) < 4.78 is 36.1. The van der Waals surface area contributed by atoms with Crippen LogP contribution in [0.25, 0.3) is 0 Å². The molecule has 46 heavy (non-hydrogen) atoms. The van der Waals surface area contributed by atoms with Gasteiger partial charge in [0.25, 0.3) is 0 Å². The van der Waals surface area contributed by atoms with Gasteiger partial charge in [0.15, 0.2) is 0 Å². The molecule has 5 rings (SSSR count). The molecule has 0 radical (unpaired) electrons. The molecule has 0 aromatic carbocycles. The minimum Gasteiger partial charge on any atom is -0.466 e. The Morgan fingerprint density at radius 3 is 1.96 bits per heavy atom. The molecule has 11 unspecified atom stereocenters. The molecular weight excluding hydrogens is 584 g/mol. The Bertz CT molecular complexity index is 1070. The van der Waals surface area contributed by atoms with E-state index in [1.54, 1.807) is 0 Å². The van der Waals surface area contributed by atoms with Gasteiger partial charge in [-0.1, -0.05) is 52.9 Å². The second-order valence-corrected chi connectivity index (χ2v) is 16.8. The van der Waals surface area contributed by atoms with Gasteiger partial charge in [0.1, 0.15) is 0 Å². The predicted octanol–water partition coefficient (Wildman–Crippen LogP) is 7.58. The van der Waals surface area contributed by atoms with E-state index in [0.29, 0.717) is 24.9 Å². The molecule has 1 saturated carbocycles. The summed E-state index contributed by atoms with van der Waals surface area (Å²) in [5, 5.41) is 0. The number of fused-ring (bicyclic) bond motifs is 1. The normalized spacial score (nSPS) is 40.6. The summed E-state index contributed by atoms with van der Waals surface area (Å²) in [7, 11) is 0. The highest BCUT2D eigenvalue weighted by atomic mass is 16.6. The van der Waals surface area contributed by atoms with E-state index in [4.69, 9.17) is 28.4 Å². The van der Waals surface area contributed by atoms with Gasteiger partial charge in [-0.15, -0.1) is 0 Å². The van der Waals surface area contributed by atoms with Crippen molar-refractivity contribution < 1.29 is 38.0 Å². The number of hydrogen-bond acceptors (Lipinski definition) is 8.